The highest BCUT2D eigenvalue weighted by Gasteiger charge is 2.15. The molecule has 0 aliphatic carbocycles. The molecule has 0 amide bonds. The molecule has 1 heterocycles. The van der Waals surface area contributed by atoms with Gasteiger partial charge in [0.05, 0.1) is 8.49 Å². The largest absolute Gasteiger partial charge is 0.290 e. The minimum atomic E-state index is -0.524. The fraction of sp³-hybridized carbons (Fsp3) is 0.0769. The number of hydrogen-bond donors (Lipinski definition) is 1. The Morgan fingerprint density at radius 3 is 2.80 bits per heavy atom. The highest BCUT2D eigenvalue weighted by Crippen LogP contribution is 2.13. The second kappa shape index (κ2) is 5.95. The summed E-state index contributed by atoms with van der Waals surface area (Å²) in [5.41, 5.74) is 5.99. The number of nitrogens with two attached hydrogens (primary N) is 1. The Bertz CT molecular complexity index is 688. The average Bonchev–Trinajstić information content (AvgIpc) is 2.43. The number of nitrogens with zero attached hydrogens (tertiary/aromatic N) is 2. The van der Waals surface area contributed by atoms with Crippen molar-refractivity contribution in [3.63, 3.8) is 0 Å². The Labute approximate surface area is 128 Å². The number of halogens is 1. The second-order valence-corrected chi connectivity index (χ2v) is 5.38. The lowest BCUT2D eigenvalue weighted by molar-refractivity contribution is -0.669. The molecule has 0 fully saturated rings. The van der Waals surface area contributed by atoms with Crippen LogP contribution in [-0.4, -0.2) is 10.7 Å². The minimum absolute atomic E-state index is 0.0455. The van der Waals surface area contributed by atoms with Crippen molar-refractivity contribution in [1.29, 1.82) is 0 Å². The van der Waals surface area contributed by atoms with Crippen LogP contribution in [0.5, 0.6) is 0 Å². The minimum Gasteiger partial charge on any atom is -0.290 e. The van der Waals surface area contributed by atoms with Gasteiger partial charge in [-0.3, -0.25) is 20.6 Å². The van der Waals surface area contributed by atoms with Crippen molar-refractivity contribution >= 4 is 39.9 Å². The van der Waals surface area contributed by atoms with Crippen LogP contribution in [0.15, 0.2) is 42.6 Å². The van der Waals surface area contributed by atoms with Gasteiger partial charge in [0.15, 0.2) is 6.54 Å². The monoisotopic (exact) mass is 384 g/mol. The molecule has 0 radical (unpaired) electrons. The first-order valence-corrected chi connectivity index (χ1v) is 6.77. The number of nitrogen functional groups attached to an aromatic ring is 1. The summed E-state index contributed by atoms with van der Waals surface area (Å²) >= 11 is 2.12. The van der Waals surface area contributed by atoms with Crippen molar-refractivity contribution in [3.05, 3.63) is 61.8 Å². The van der Waals surface area contributed by atoms with Crippen LogP contribution >= 0.6 is 22.6 Å². The Morgan fingerprint density at radius 2 is 2.10 bits per heavy atom. The lowest BCUT2D eigenvalue weighted by Gasteiger charge is -2.03. The van der Waals surface area contributed by atoms with Gasteiger partial charge in [-0.05, 0) is 28.7 Å². The van der Waals surface area contributed by atoms with Crippen LogP contribution < -0.4 is 10.3 Å². The van der Waals surface area contributed by atoms with E-state index >= 15 is 0 Å². The first-order valence-electron chi connectivity index (χ1n) is 5.69. The van der Waals surface area contributed by atoms with Crippen molar-refractivity contribution in [1.82, 2.24) is 0 Å². The number of ketones is 1. The van der Waals surface area contributed by atoms with Gasteiger partial charge in [0, 0.05) is 23.8 Å². The molecule has 0 saturated heterocycles. The van der Waals surface area contributed by atoms with E-state index in [1.54, 1.807) is 22.9 Å². The van der Waals surface area contributed by atoms with Crippen LogP contribution in [0.25, 0.3) is 0 Å². The second-order valence-electron chi connectivity index (χ2n) is 4.13. The van der Waals surface area contributed by atoms with E-state index in [2.05, 4.69) is 22.6 Å². The van der Waals surface area contributed by atoms with E-state index in [-0.39, 0.29) is 18.0 Å². The number of anilines is 1. The van der Waals surface area contributed by atoms with Crippen molar-refractivity contribution in [2.24, 2.45) is 0 Å². The number of carbonyl (C=O) groups is 1. The van der Waals surface area contributed by atoms with E-state index in [0.29, 0.717) is 11.4 Å². The predicted octanol–water partition coefficient (Wildman–Crippen LogP) is 1.95. The molecule has 7 heteroatoms. The maximum absolute atomic E-state index is 12.2. The van der Waals surface area contributed by atoms with E-state index in [9.17, 15) is 14.9 Å². The Hall–Kier alpha value is -2.03. The van der Waals surface area contributed by atoms with E-state index in [1.807, 2.05) is 6.07 Å². The molecule has 0 aliphatic rings. The van der Waals surface area contributed by atoms with E-state index in [4.69, 9.17) is 5.73 Å². The van der Waals surface area contributed by atoms with Crippen molar-refractivity contribution < 1.29 is 14.3 Å². The fourth-order valence-electron chi connectivity index (χ4n) is 1.70. The smallest absolute Gasteiger partial charge is 0.272 e. The third-order valence-electron chi connectivity index (χ3n) is 2.72. The zero-order valence-electron chi connectivity index (χ0n) is 10.3. The van der Waals surface area contributed by atoms with E-state index < -0.39 is 4.92 Å². The quantitative estimate of drug-likeness (QED) is 0.287. The molecule has 1 aromatic heterocycles. The topological polar surface area (TPSA) is 90.1 Å². The number of benzene rings is 1. The summed E-state index contributed by atoms with van der Waals surface area (Å²) in [7, 11) is 0. The van der Waals surface area contributed by atoms with Gasteiger partial charge in [0.25, 0.3) is 11.5 Å². The van der Waals surface area contributed by atoms with E-state index in [1.165, 1.54) is 18.2 Å². The van der Waals surface area contributed by atoms with Gasteiger partial charge in [-0.1, -0.05) is 12.1 Å². The normalized spacial score (nSPS) is 10.2. The SMILES string of the molecule is Nc1ccc(I)c[n+]1CC(=O)c1cccc([N+](=O)[O-])c1. The first kappa shape index (κ1) is 14.4. The molecule has 20 heavy (non-hydrogen) atoms. The molecule has 0 atom stereocenters. The lowest BCUT2D eigenvalue weighted by atomic mass is 10.1. The molecular formula is C13H11IN3O3+. The molecule has 6 nitrogen and oxygen atoms in total. The number of hydrogen-bond acceptors (Lipinski definition) is 4. The number of Topliss-reactive ketones (excluding diaryl/α,β-unsaturated/α-hetero) is 1. The van der Waals surface area contributed by atoms with Gasteiger partial charge in [0.2, 0.25) is 5.78 Å². The highest BCUT2D eigenvalue weighted by molar-refractivity contribution is 14.1. The van der Waals surface area contributed by atoms with Crippen LogP contribution in [0, 0.1) is 13.7 Å². The van der Waals surface area contributed by atoms with Gasteiger partial charge in [-0.15, -0.1) is 0 Å². The summed E-state index contributed by atoms with van der Waals surface area (Å²) in [5, 5.41) is 10.7. The lowest BCUT2D eigenvalue weighted by Crippen LogP contribution is -2.40. The molecule has 0 spiro atoms. The number of aromatic nitrogens is 1. The standard InChI is InChI=1S/C13H10IN3O3/c14-10-4-5-13(15)16(7-10)8-12(18)9-2-1-3-11(6-9)17(19)20/h1-7,15H,8H2/p+1. The first-order chi connectivity index (χ1) is 9.47. The van der Waals surface area contributed by atoms with Gasteiger partial charge >= 0.3 is 0 Å². The Kier molecular flexibility index (Phi) is 4.28. The van der Waals surface area contributed by atoms with Crippen LogP contribution in [0.1, 0.15) is 10.4 Å². The molecule has 0 bridgehead atoms. The molecule has 0 aliphatic heterocycles. The van der Waals surface area contributed by atoms with Crippen molar-refractivity contribution in [2.75, 3.05) is 5.73 Å². The van der Waals surface area contributed by atoms with E-state index in [0.717, 1.165) is 3.57 Å². The van der Waals surface area contributed by atoms with Crippen LogP contribution in [0.3, 0.4) is 0 Å². The number of nitro benzene ring substituents is 1. The summed E-state index contributed by atoms with van der Waals surface area (Å²) in [5.74, 6) is 0.233. The number of nitro groups is 1. The van der Waals surface area contributed by atoms with Gasteiger partial charge in [-0.2, -0.15) is 0 Å². The molecular weight excluding hydrogens is 373 g/mol. The number of carbonyl (C=O) groups excluding carboxylic acids is 1. The maximum Gasteiger partial charge on any atom is 0.272 e. The van der Waals surface area contributed by atoms with Gasteiger partial charge in [-0.25, -0.2) is 4.57 Å². The summed E-state index contributed by atoms with van der Waals surface area (Å²) in [6.07, 6.45) is 1.76. The molecule has 102 valence electrons. The molecule has 2 rings (SSSR count). The molecule has 0 unspecified atom stereocenters. The number of pyridine rings is 1. The van der Waals surface area contributed by atoms with Gasteiger partial charge in [0.1, 0.15) is 6.20 Å². The van der Waals surface area contributed by atoms with Crippen LogP contribution in [0.4, 0.5) is 11.5 Å². The third kappa shape index (κ3) is 3.29. The summed E-state index contributed by atoms with van der Waals surface area (Å²) in [6, 6.07) is 9.22. The Morgan fingerprint density at radius 1 is 1.35 bits per heavy atom. The summed E-state index contributed by atoms with van der Waals surface area (Å²) in [4.78, 5) is 22.3. The zero-order chi connectivity index (χ0) is 14.7. The molecule has 1 aromatic carbocycles. The fourth-order valence-corrected chi connectivity index (χ4v) is 2.22. The maximum atomic E-state index is 12.2. The zero-order valence-corrected chi connectivity index (χ0v) is 12.5. The summed E-state index contributed by atoms with van der Waals surface area (Å²) < 4.78 is 2.56. The van der Waals surface area contributed by atoms with Crippen molar-refractivity contribution in [3.8, 4) is 0 Å². The molecule has 0 saturated carbocycles. The third-order valence-corrected chi connectivity index (χ3v) is 3.36. The average molecular weight is 384 g/mol. The van der Waals surface area contributed by atoms with Crippen LogP contribution in [-0.2, 0) is 6.54 Å². The molecule has 2 aromatic rings. The van der Waals surface area contributed by atoms with Crippen LogP contribution in [0.2, 0.25) is 0 Å². The summed E-state index contributed by atoms with van der Waals surface area (Å²) in [6.45, 7) is 0.0455. The molecule has 2 N–H and O–H groups in total. The Balaban J connectivity index is 2.26. The highest BCUT2D eigenvalue weighted by atomic mass is 127. The van der Waals surface area contributed by atoms with Crippen molar-refractivity contribution in [2.45, 2.75) is 6.54 Å². The number of rotatable bonds is 4. The predicted molar refractivity (Wildman–Crippen MR) is 81.2 cm³/mol. The van der Waals surface area contributed by atoms with Gasteiger partial charge < -0.3 is 0 Å². The number of non-ortho nitro benzene ring substituents is 1.